The third kappa shape index (κ3) is 2.45. The topological polar surface area (TPSA) is 109 Å². The summed E-state index contributed by atoms with van der Waals surface area (Å²) >= 11 is 0. The summed E-state index contributed by atoms with van der Waals surface area (Å²) in [5.41, 5.74) is 14.7. The normalized spacial score (nSPS) is 13.2. The number of nitrogens with two attached hydrogens (primary N) is 2. The smallest absolute Gasteiger partial charge is 0.225 e. The van der Waals surface area contributed by atoms with Gasteiger partial charge in [0.05, 0.1) is 6.54 Å². The van der Waals surface area contributed by atoms with Crippen LogP contribution in [-0.2, 0) is 19.4 Å². The number of nitrogens with zero attached hydrogens (tertiary/aromatic N) is 5. The van der Waals surface area contributed by atoms with Crippen molar-refractivity contribution in [2.75, 3.05) is 11.5 Å². The van der Waals surface area contributed by atoms with Crippen LogP contribution in [0, 0.1) is 5.82 Å². The molecule has 0 aliphatic heterocycles. The molecular weight excluding hydrogens is 309 g/mol. The van der Waals surface area contributed by atoms with Crippen molar-refractivity contribution >= 4 is 11.9 Å². The lowest BCUT2D eigenvalue weighted by molar-refractivity contribution is 0.576. The van der Waals surface area contributed by atoms with Crippen LogP contribution < -0.4 is 11.5 Å². The van der Waals surface area contributed by atoms with Crippen molar-refractivity contribution < 1.29 is 4.39 Å². The number of anilines is 2. The zero-order valence-corrected chi connectivity index (χ0v) is 12.9. The van der Waals surface area contributed by atoms with E-state index in [9.17, 15) is 4.39 Å². The predicted molar refractivity (Wildman–Crippen MR) is 87.4 cm³/mol. The molecule has 0 saturated carbocycles. The Hall–Kier alpha value is -3.03. The zero-order valence-electron chi connectivity index (χ0n) is 12.9. The second-order valence-electron chi connectivity index (χ2n) is 5.75. The van der Waals surface area contributed by atoms with Crippen molar-refractivity contribution in [3.63, 3.8) is 0 Å². The lowest BCUT2D eigenvalue weighted by Crippen LogP contribution is -2.08. The second-order valence-corrected chi connectivity index (χ2v) is 5.75. The first-order valence-electron chi connectivity index (χ1n) is 7.71. The molecule has 1 aliphatic rings. The quantitative estimate of drug-likeness (QED) is 0.757. The minimum atomic E-state index is -0.241. The SMILES string of the molecule is Nc1nc(N)nc(-c2nn(Cc3ccccc3F)c3c2CCC3)n1. The average molecular weight is 325 g/mol. The van der Waals surface area contributed by atoms with Gasteiger partial charge in [-0.15, -0.1) is 0 Å². The molecule has 0 atom stereocenters. The molecule has 1 aromatic carbocycles. The van der Waals surface area contributed by atoms with Gasteiger partial charge in [0, 0.05) is 16.8 Å². The minimum Gasteiger partial charge on any atom is -0.368 e. The number of halogens is 1. The molecule has 24 heavy (non-hydrogen) atoms. The Bertz CT molecular complexity index is 899. The standard InChI is InChI=1S/C16H16FN7/c17-11-6-2-1-4-9(11)8-24-12-7-3-5-10(12)13(23-24)14-20-15(18)22-16(19)21-14/h1-2,4,6H,3,5,7-8H2,(H4,18,19,20,21,22). The van der Waals surface area contributed by atoms with Gasteiger partial charge in [-0.2, -0.15) is 20.1 Å². The van der Waals surface area contributed by atoms with Crippen molar-refractivity contribution in [3.05, 3.63) is 46.9 Å². The largest absolute Gasteiger partial charge is 0.368 e. The Morgan fingerprint density at radius 3 is 2.54 bits per heavy atom. The third-order valence-corrected chi connectivity index (χ3v) is 4.17. The number of nitrogen functional groups attached to an aromatic ring is 2. The van der Waals surface area contributed by atoms with Gasteiger partial charge in [0.2, 0.25) is 11.9 Å². The van der Waals surface area contributed by atoms with Crippen molar-refractivity contribution in [3.8, 4) is 11.5 Å². The number of hydrogen-bond donors (Lipinski definition) is 2. The van der Waals surface area contributed by atoms with Crippen LogP contribution in [0.4, 0.5) is 16.3 Å². The average Bonchev–Trinajstić information content (AvgIpc) is 3.12. The summed E-state index contributed by atoms with van der Waals surface area (Å²) in [5, 5.41) is 4.61. The van der Waals surface area contributed by atoms with E-state index in [2.05, 4.69) is 20.1 Å². The minimum absolute atomic E-state index is 0.0629. The lowest BCUT2D eigenvalue weighted by Gasteiger charge is -2.06. The van der Waals surface area contributed by atoms with Gasteiger partial charge in [-0.3, -0.25) is 4.68 Å². The molecule has 0 radical (unpaired) electrons. The molecule has 122 valence electrons. The van der Waals surface area contributed by atoms with Crippen LogP contribution in [0.1, 0.15) is 23.2 Å². The monoisotopic (exact) mass is 325 g/mol. The van der Waals surface area contributed by atoms with Crippen LogP contribution in [0.3, 0.4) is 0 Å². The van der Waals surface area contributed by atoms with Crippen molar-refractivity contribution in [1.82, 2.24) is 24.7 Å². The fraction of sp³-hybridized carbons (Fsp3) is 0.250. The fourth-order valence-electron chi connectivity index (χ4n) is 3.12. The maximum Gasteiger partial charge on any atom is 0.225 e. The maximum atomic E-state index is 14.0. The summed E-state index contributed by atoms with van der Waals surface area (Å²) < 4.78 is 15.8. The Morgan fingerprint density at radius 1 is 1.04 bits per heavy atom. The van der Waals surface area contributed by atoms with Gasteiger partial charge >= 0.3 is 0 Å². The first-order valence-corrected chi connectivity index (χ1v) is 7.71. The first-order chi connectivity index (χ1) is 11.6. The molecule has 0 amide bonds. The van der Waals surface area contributed by atoms with Gasteiger partial charge in [0.25, 0.3) is 0 Å². The summed E-state index contributed by atoms with van der Waals surface area (Å²) in [6.07, 6.45) is 2.80. The van der Waals surface area contributed by atoms with E-state index < -0.39 is 0 Å². The molecular formula is C16H16FN7. The second kappa shape index (κ2) is 5.55. The highest BCUT2D eigenvalue weighted by atomic mass is 19.1. The van der Waals surface area contributed by atoms with E-state index in [0.29, 0.717) is 23.6 Å². The van der Waals surface area contributed by atoms with E-state index >= 15 is 0 Å². The van der Waals surface area contributed by atoms with Crippen LogP contribution in [0.25, 0.3) is 11.5 Å². The highest BCUT2D eigenvalue weighted by Crippen LogP contribution is 2.31. The van der Waals surface area contributed by atoms with E-state index in [0.717, 1.165) is 30.5 Å². The lowest BCUT2D eigenvalue weighted by atomic mass is 10.2. The maximum absolute atomic E-state index is 14.0. The van der Waals surface area contributed by atoms with Crippen LogP contribution in [0.5, 0.6) is 0 Å². The van der Waals surface area contributed by atoms with Gasteiger partial charge in [-0.25, -0.2) is 4.39 Å². The zero-order chi connectivity index (χ0) is 16.7. The fourth-order valence-corrected chi connectivity index (χ4v) is 3.12. The molecule has 2 heterocycles. The molecule has 3 aromatic rings. The summed E-state index contributed by atoms with van der Waals surface area (Å²) in [6, 6.07) is 6.70. The molecule has 0 unspecified atom stereocenters. The Morgan fingerprint density at radius 2 is 1.79 bits per heavy atom. The van der Waals surface area contributed by atoms with E-state index in [4.69, 9.17) is 11.5 Å². The number of rotatable bonds is 3. The first kappa shape index (κ1) is 14.6. The summed E-state index contributed by atoms with van der Waals surface area (Å²) in [7, 11) is 0. The van der Waals surface area contributed by atoms with E-state index in [1.54, 1.807) is 12.1 Å². The number of benzene rings is 1. The Labute approximate surface area is 137 Å². The Balaban J connectivity index is 1.79. The molecule has 8 heteroatoms. The number of hydrogen-bond acceptors (Lipinski definition) is 6. The molecule has 4 rings (SSSR count). The molecule has 4 N–H and O–H groups in total. The molecule has 7 nitrogen and oxygen atoms in total. The van der Waals surface area contributed by atoms with Crippen LogP contribution in [0.2, 0.25) is 0 Å². The van der Waals surface area contributed by atoms with Gasteiger partial charge in [-0.05, 0) is 25.3 Å². The molecule has 0 spiro atoms. The third-order valence-electron chi connectivity index (χ3n) is 4.17. The molecule has 0 fully saturated rings. The van der Waals surface area contributed by atoms with Crippen LogP contribution >= 0.6 is 0 Å². The van der Waals surface area contributed by atoms with Gasteiger partial charge in [0.15, 0.2) is 5.82 Å². The summed E-state index contributed by atoms with van der Waals surface area (Å²) in [4.78, 5) is 12.1. The number of fused-ring (bicyclic) bond motifs is 1. The van der Waals surface area contributed by atoms with Gasteiger partial charge < -0.3 is 11.5 Å². The van der Waals surface area contributed by atoms with Crippen molar-refractivity contribution in [1.29, 1.82) is 0 Å². The van der Waals surface area contributed by atoms with Gasteiger partial charge in [0.1, 0.15) is 11.5 Å². The van der Waals surface area contributed by atoms with Gasteiger partial charge in [-0.1, -0.05) is 18.2 Å². The summed E-state index contributed by atoms with van der Waals surface area (Å²) in [5.74, 6) is 0.251. The van der Waals surface area contributed by atoms with Crippen molar-refractivity contribution in [2.45, 2.75) is 25.8 Å². The molecule has 2 aromatic heterocycles. The van der Waals surface area contributed by atoms with Crippen molar-refractivity contribution in [2.24, 2.45) is 0 Å². The highest BCUT2D eigenvalue weighted by molar-refractivity contribution is 5.59. The summed E-state index contributed by atoms with van der Waals surface area (Å²) in [6.45, 7) is 0.366. The van der Waals surface area contributed by atoms with E-state index in [-0.39, 0.29) is 17.7 Å². The van der Waals surface area contributed by atoms with E-state index in [1.807, 2.05) is 10.7 Å². The molecule has 0 saturated heterocycles. The predicted octanol–water partition coefficient (Wildman–Crippen LogP) is 1.58. The number of aromatic nitrogens is 5. The highest BCUT2D eigenvalue weighted by Gasteiger charge is 2.25. The van der Waals surface area contributed by atoms with E-state index in [1.165, 1.54) is 6.07 Å². The van der Waals surface area contributed by atoms with Crippen LogP contribution in [0.15, 0.2) is 24.3 Å². The molecule has 0 bridgehead atoms. The van der Waals surface area contributed by atoms with Crippen LogP contribution in [-0.4, -0.2) is 24.7 Å². The Kier molecular flexibility index (Phi) is 3.37. The molecule has 1 aliphatic carbocycles.